The van der Waals surface area contributed by atoms with E-state index in [0.717, 1.165) is 29.7 Å². The molecule has 1 saturated heterocycles. The molecule has 2 aromatic rings. The number of amides is 1. The van der Waals surface area contributed by atoms with Crippen LogP contribution in [0.4, 0.5) is 0 Å². The van der Waals surface area contributed by atoms with Gasteiger partial charge in [0.25, 0.3) is 0 Å². The van der Waals surface area contributed by atoms with Gasteiger partial charge in [0.2, 0.25) is 15.9 Å². The number of carbonyl (C=O) groups excluding carboxylic acids is 1. The van der Waals surface area contributed by atoms with Gasteiger partial charge in [-0.25, -0.2) is 8.42 Å². The molecule has 1 aliphatic heterocycles. The van der Waals surface area contributed by atoms with Gasteiger partial charge in [0.05, 0.1) is 11.4 Å². The van der Waals surface area contributed by atoms with Gasteiger partial charge < -0.3 is 9.80 Å². The van der Waals surface area contributed by atoms with E-state index in [9.17, 15) is 13.2 Å². The topological polar surface area (TPSA) is 60.9 Å². The highest BCUT2D eigenvalue weighted by Crippen LogP contribution is 2.22. The molecule has 1 aliphatic rings. The minimum Gasteiger partial charge on any atom is -0.339 e. The maximum atomic E-state index is 13.3. The fraction of sp³-hybridized carbons (Fsp3) is 0.381. The monoisotopic (exact) mass is 513 g/mol. The van der Waals surface area contributed by atoms with Crippen LogP contribution in [-0.4, -0.2) is 67.7 Å². The highest BCUT2D eigenvalue weighted by molar-refractivity contribution is 9.10. The summed E-state index contributed by atoms with van der Waals surface area (Å²) in [7, 11) is -3.85. The van der Waals surface area contributed by atoms with Crippen LogP contribution in [0.1, 0.15) is 12.5 Å². The zero-order valence-electron chi connectivity index (χ0n) is 16.8. The molecule has 0 bridgehead atoms. The van der Waals surface area contributed by atoms with Crippen molar-refractivity contribution >= 4 is 43.5 Å². The van der Waals surface area contributed by atoms with Crippen LogP contribution in [0.5, 0.6) is 0 Å². The molecule has 0 atom stereocenters. The van der Waals surface area contributed by atoms with Crippen molar-refractivity contribution < 1.29 is 13.2 Å². The van der Waals surface area contributed by atoms with Crippen molar-refractivity contribution in [3.63, 3.8) is 0 Å². The Kier molecular flexibility index (Phi) is 7.92. The number of sulfonamides is 1. The number of hydrogen-bond acceptors (Lipinski definition) is 4. The van der Waals surface area contributed by atoms with E-state index in [2.05, 4.69) is 27.8 Å². The maximum absolute atomic E-state index is 13.3. The zero-order valence-corrected chi connectivity index (χ0v) is 20.0. The first-order valence-electron chi connectivity index (χ1n) is 9.80. The average molecular weight is 515 g/mol. The highest BCUT2D eigenvalue weighted by atomic mass is 79.9. The van der Waals surface area contributed by atoms with Gasteiger partial charge in [-0.1, -0.05) is 46.6 Å². The zero-order chi connectivity index (χ0) is 21.7. The van der Waals surface area contributed by atoms with E-state index in [-0.39, 0.29) is 23.9 Å². The lowest BCUT2D eigenvalue weighted by molar-refractivity contribution is -0.133. The minimum absolute atomic E-state index is 0.0935. The van der Waals surface area contributed by atoms with Gasteiger partial charge in [-0.05, 0) is 48.5 Å². The van der Waals surface area contributed by atoms with Crippen LogP contribution in [-0.2, 0) is 21.4 Å². The molecule has 2 aromatic carbocycles. The second-order valence-electron chi connectivity index (χ2n) is 7.17. The van der Waals surface area contributed by atoms with Gasteiger partial charge in [0, 0.05) is 42.2 Å². The number of piperazine rings is 1. The van der Waals surface area contributed by atoms with Gasteiger partial charge in [0.1, 0.15) is 0 Å². The lowest BCUT2D eigenvalue weighted by Gasteiger charge is -2.35. The van der Waals surface area contributed by atoms with Gasteiger partial charge in [0.15, 0.2) is 0 Å². The quantitative estimate of drug-likeness (QED) is 0.568. The Balaban J connectivity index is 1.82. The molecule has 0 aromatic heterocycles. The van der Waals surface area contributed by atoms with Crippen molar-refractivity contribution in [1.29, 1.82) is 0 Å². The third kappa shape index (κ3) is 5.82. The molecule has 3 rings (SSSR count). The van der Waals surface area contributed by atoms with Gasteiger partial charge >= 0.3 is 0 Å². The van der Waals surface area contributed by atoms with Crippen molar-refractivity contribution in [2.24, 2.45) is 0 Å². The summed E-state index contributed by atoms with van der Waals surface area (Å²) in [6.07, 6.45) is 0. The smallest absolute Gasteiger partial charge is 0.243 e. The first kappa shape index (κ1) is 23.2. The van der Waals surface area contributed by atoms with Crippen molar-refractivity contribution in [1.82, 2.24) is 14.1 Å². The fourth-order valence-corrected chi connectivity index (χ4v) is 5.11. The number of benzene rings is 2. The molecule has 162 valence electrons. The molecular formula is C21H25BrClN3O3S. The Bertz CT molecular complexity index is 960. The number of likely N-dealkylation sites (N-methyl/N-ethyl adjacent to an activating group) is 1. The van der Waals surface area contributed by atoms with Crippen LogP contribution in [0.3, 0.4) is 0 Å². The van der Waals surface area contributed by atoms with Crippen LogP contribution in [0, 0.1) is 0 Å². The summed E-state index contributed by atoms with van der Waals surface area (Å²) in [5, 5.41) is 0.575. The SMILES string of the molecule is CCN1CCN(C(=O)CN(Cc2ccc(Cl)cc2)S(=O)(=O)c2ccc(Br)cc2)CC1. The molecule has 1 heterocycles. The molecule has 0 aliphatic carbocycles. The van der Waals surface area contributed by atoms with Gasteiger partial charge in [-0.2, -0.15) is 4.31 Å². The molecule has 30 heavy (non-hydrogen) atoms. The maximum Gasteiger partial charge on any atom is 0.243 e. The third-order valence-electron chi connectivity index (χ3n) is 5.21. The second-order valence-corrected chi connectivity index (χ2v) is 10.5. The second kappa shape index (κ2) is 10.2. The average Bonchev–Trinajstić information content (AvgIpc) is 2.75. The molecule has 0 unspecified atom stereocenters. The summed E-state index contributed by atoms with van der Waals surface area (Å²) in [6, 6.07) is 13.4. The van der Waals surface area contributed by atoms with Crippen LogP contribution in [0.25, 0.3) is 0 Å². The molecule has 6 nitrogen and oxygen atoms in total. The first-order chi connectivity index (χ1) is 14.3. The molecule has 0 radical (unpaired) electrons. The van der Waals surface area contributed by atoms with E-state index in [1.54, 1.807) is 53.4 Å². The van der Waals surface area contributed by atoms with E-state index in [1.807, 2.05) is 0 Å². The number of rotatable bonds is 7. The number of nitrogens with zero attached hydrogens (tertiary/aromatic N) is 3. The summed E-state index contributed by atoms with van der Waals surface area (Å²) in [5.41, 5.74) is 0.767. The van der Waals surface area contributed by atoms with Crippen LogP contribution in [0.2, 0.25) is 5.02 Å². The fourth-order valence-electron chi connectivity index (χ4n) is 3.34. The van der Waals surface area contributed by atoms with Crippen molar-refractivity contribution in [3.8, 4) is 0 Å². The van der Waals surface area contributed by atoms with E-state index in [1.165, 1.54) is 4.31 Å². The largest absolute Gasteiger partial charge is 0.339 e. The molecule has 1 amide bonds. The van der Waals surface area contributed by atoms with Gasteiger partial charge in [-0.3, -0.25) is 4.79 Å². The Morgan fingerprint density at radius 2 is 1.63 bits per heavy atom. The third-order valence-corrected chi connectivity index (χ3v) is 7.79. The van der Waals surface area contributed by atoms with E-state index in [4.69, 9.17) is 11.6 Å². The van der Waals surface area contributed by atoms with E-state index >= 15 is 0 Å². The Morgan fingerprint density at radius 3 is 2.20 bits per heavy atom. The summed E-state index contributed by atoms with van der Waals surface area (Å²) >= 11 is 9.28. The molecule has 0 spiro atoms. The summed E-state index contributed by atoms with van der Waals surface area (Å²) in [6.45, 7) is 5.76. The molecule has 0 N–H and O–H groups in total. The molecule has 9 heteroatoms. The molecule has 1 fully saturated rings. The van der Waals surface area contributed by atoms with Gasteiger partial charge in [-0.15, -0.1) is 0 Å². The Morgan fingerprint density at radius 1 is 1.03 bits per heavy atom. The summed E-state index contributed by atoms with van der Waals surface area (Å²) < 4.78 is 28.7. The first-order valence-corrected chi connectivity index (χ1v) is 12.4. The minimum atomic E-state index is -3.85. The van der Waals surface area contributed by atoms with Crippen LogP contribution in [0.15, 0.2) is 57.9 Å². The normalized spacial score (nSPS) is 15.5. The Labute approximate surface area is 191 Å². The lowest BCUT2D eigenvalue weighted by Crippen LogP contribution is -2.51. The summed E-state index contributed by atoms with van der Waals surface area (Å²) in [4.78, 5) is 17.1. The van der Waals surface area contributed by atoms with E-state index < -0.39 is 10.0 Å². The van der Waals surface area contributed by atoms with Crippen molar-refractivity contribution in [2.75, 3.05) is 39.3 Å². The standard InChI is InChI=1S/C21H25BrClN3O3S/c1-2-24-11-13-25(14-12-24)21(27)16-26(15-17-3-7-19(23)8-4-17)30(28,29)20-9-5-18(22)6-10-20/h3-10H,2,11-16H2,1H3. The lowest BCUT2D eigenvalue weighted by atomic mass is 10.2. The predicted molar refractivity (Wildman–Crippen MR) is 122 cm³/mol. The van der Waals surface area contributed by atoms with E-state index in [0.29, 0.717) is 18.1 Å². The number of halogens is 2. The number of hydrogen-bond donors (Lipinski definition) is 0. The predicted octanol–water partition coefficient (Wildman–Crippen LogP) is 3.46. The molecule has 0 saturated carbocycles. The number of carbonyl (C=O) groups is 1. The summed E-state index contributed by atoms with van der Waals surface area (Å²) in [5.74, 6) is -0.180. The highest BCUT2D eigenvalue weighted by Gasteiger charge is 2.29. The van der Waals surface area contributed by atoms with Crippen LogP contribution >= 0.6 is 27.5 Å². The Hall–Kier alpha value is -1.45. The van der Waals surface area contributed by atoms with Crippen molar-refractivity contribution in [2.45, 2.75) is 18.4 Å². The van der Waals surface area contributed by atoms with Crippen LogP contribution < -0.4 is 0 Å². The molecular weight excluding hydrogens is 490 g/mol. The van der Waals surface area contributed by atoms with Crippen molar-refractivity contribution in [3.05, 3.63) is 63.6 Å².